The van der Waals surface area contributed by atoms with Gasteiger partial charge < -0.3 is 15.2 Å². The third kappa shape index (κ3) is 3.60. The molecule has 1 aromatic carbocycles. The van der Waals surface area contributed by atoms with Gasteiger partial charge in [-0.3, -0.25) is 4.79 Å². The lowest BCUT2D eigenvalue weighted by atomic mass is 10.1. The smallest absolute Gasteiger partial charge is 0.253 e. The molecule has 4 nitrogen and oxygen atoms in total. The van der Waals surface area contributed by atoms with Crippen LogP contribution in [0, 0.1) is 11.8 Å². The van der Waals surface area contributed by atoms with Crippen molar-refractivity contribution in [1.82, 2.24) is 0 Å². The molecule has 1 saturated heterocycles. The number of rotatable bonds is 3. The van der Waals surface area contributed by atoms with Crippen molar-refractivity contribution in [3.05, 3.63) is 29.3 Å². The second-order valence-electron chi connectivity index (χ2n) is 4.68. The molecule has 0 saturated carbocycles. The number of aliphatic hydroxyl groups is 1. The Morgan fingerprint density at radius 3 is 3.05 bits per heavy atom. The summed E-state index contributed by atoms with van der Waals surface area (Å²) >= 11 is 0. The first-order chi connectivity index (χ1) is 9.74. The first-order valence-corrected chi connectivity index (χ1v) is 6.89. The van der Waals surface area contributed by atoms with Crippen LogP contribution in [-0.2, 0) is 16.0 Å². The van der Waals surface area contributed by atoms with E-state index in [4.69, 9.17) is 9.84 Å². The van der Waals surface area contributed by atoms with E-state index in [1.165, 1.54) is 0 Å². The van der Waals surface area contributed by atoms with Gasteiger partial charge in [-0.2, -0.15) is 0 Å². The highest BCUT2D eigenvalue weighted by Gasteiger charge is 2.23. The van der Waals surface area contributed by atoms with Crippen LogP contribution in [0.3, 0.4) is 0 Å². The van der Waals surface area contributed by atoms with Gasteiger partial charge in [0, 0.05) is 17.9 Å². The minimum atomic E-state index is -0.325. The fraction of sp³-hybridized carbons (Fsp3) is 0.438. The Morgan fingerprint density at radius 2 is 2.40 bits per heavy atom. The molecular formula is C16H19NO3. The second kappa shape index (κ2) is 7.09. The number of amides is 1. The molecule has 0 radical (unpaired) electrons. The molecule has 1 heterocycles. The normalized spacial score (nSPS) is 17.4. The van der Waals surface area contributed by atoms with Crippen molar-refractivity contribution in [1.29, 1.82) is 0 Å². The van der Waals surface area contributed by atoms with Crippen LogP contribution in [0.25, 0.3) is 0 Å². The third-order valence-electron chi connectivity index (χ3n) is 3.28. The monoisotopic (exact) mass is 273 g/mol. The van der Waals surface area contributed by atoms with Gasteiger partial charge in [-0.15, -0.1) is 0 Å². The summed E-state index contributed by atoms with van der Waals surface area (Å²) in [6.45, 7) is 2.54. The maximum absolute atomic E-state index is 12.0. The standard InChI is InChI=1S/C16H19NO3/c1-2-13-11-12(5-3-9-18)7-8-14(13)17-16(19)15-6-4-10-20-15/h7-8,11,15,18H,2,4,6,9-10H2,1H3,(H,17,19). The molecule has 1 aliphatic heterocycles. The van der Waals surface area contributed by atoms with E-state index in [2.05, 4.69) is 17.2 Å². The summed E-state index contributed by atoms with van der Waals surface area (Å²) in [5, 5.41) is 11.6. The first-order valence-electron chi connectivity index (χ1n) is 6.89. The number of ether oxygens (including phenoxy) is 1. The van der Waals surface area contributed by atoms with E-state index in [9.17, 15) is 4.79 Å². The summed E-state index contributed by atoms with van der Waals surface area (Å²) in [7, 11) is 0. The van der Waals surface area contributed by atoms with E-state index in [1.807, 2.05) is 25.1 Å². The number of carbonyl (C=O) groups is 1. The van der Waals surface area contributed by atoms with E-state index >= 15 is 0 Å². The number of aliphatic hydroxyl groups excluding tert-OH is 1. The lowest BCUT2D eigenvalue weighted by Crippen LogP contribution is -2.27. The third-order valence-corrected chi connectivity index (χ3v) is 3.28. The first kappa shape index (κ1) is 14.6. The van der Waals surface area contributed by atoms with Crippen molar-refractivity contribution in [3.63, 3.8) is 0 Å². The van der Waals surface area contributed by atoms with Crippen molar-refractivity contribution in [2.75, 3.05) is 18.5 Å². The molecule has 1 aromatic rings. The van der Waals surface area contributed by atoms with Gasteiger partial charge in [0.05, 0.1) is 0 Å². The van der Waals surface area contributed by atoms with Crippen LogP contribution in [0.15, 0.2) is 18.2 Å². The highest BCUT2D eigenvalue weighted by Crippen LogP contribution is 2.20. The quantitative estimate of drug-likeness (QED) is 0.824. The summed E-state index contributed by atoms with van der Waals surface area (Å²) in [5.41, 5.74) is 2.68. The molecule has 2 rings (SSSR count). The van der Waals surface area contributed by atoms with E-state index in [0.29, 0.717) is 6.61 Å². The molecule has 1 aliphatic rings. The Morgan fingerprint density at radius 1 is 1.55 bits per heavy atom. The van der Waals surface area contributed by atoms with E-state index in [-0.39, 0.29) is 18.6 Å². The van der Waals surface area contributed by atoms with Gasteiger partial charge in [0.25, 0.3) is 5.91 Å². The average molecular weight is 273 g/mol. The van der Waals surface area contributed by atoms with Gasteiger partial charge >= 0.3 is 0 Å². The van der Waals surface area contributed by atoms with Gasteiger partial charge in [-0.25, -0.2) is 0 Å². The Bertz CT molecular complexity index is 536. The molecule has 1 amide bonds. The number of benzene rings is 1. The van der Waals surface area contributed by atoms with Gasteiger partial charge in [0.2, 0.25) is 0 Å². The number of anilines is 1. The lowest BCUT2D eigenvalue weighted by Gasteiger charge is -2.13. The SMILES string of the molecule is CCc1cc(C#CCO)ccc1NC(=O)C1CCCO1. The number of nitrogens with one attached hydrogen (secondary N) is 1. The van der Waals surface area contributed by atoms with Crippen LogP contribution in [0.1, 0.15) is 30.9 Å². The summed E-state index contributed by atoms with van der Waals surface area (Å²) in [4.78, 5) is 12.0. The topological polar surface area (TPSA) is 58.6 Å². The Hall–Kier alpha value is -1.83. The molecule has 4 heteroatoms. The van der Waals surface area contributed by atoms with E-state index in [0.717, 1.165) is 36.1 Å². The summed E-state index contributed by atoms with van der Waals surface area (Å²) < 4.78 is 5.38. The van der Waals surface area contributed by atoms with Gasteiger partial charge in [0.1, 0.15) is 12.7 Å². The van der Waals surface area contributed by atoms with Crippen LogP contribution in [0.4, 0.5) is 5.69 Å². The average Bonchev–Trinajstić information content (AvgIpc) is 3.00. The second-order valence-corrected chi connectivity index (χ2v) is 4.68. The van der Waals surface area contributed by atoms with Crippen LogP contribution in [-0.4, -0.2) is 30.3 Å². The number of hydrogen-bond donors (Lipinski definition) is 2. The number of carbonyl (C=O) groups excluding carboxylic acids is 1. The highest BCUT2D eigenvalue weighted by atomic mass is 16.5. The van der Waals surface area contributed by atoms with E-state index < -0.39 is 0 Å². The van der Waals surface area contributed by atoms with Crippen molar-refractivity contribution >= 4 is 11.6 Å². The number of aryl methyl sites for hydroxylation is 1. The molecule has 2 N–H and O–H groups in total. The van der Waals surface area contributed by atoms with Gasteiger partial charge in [0.15, 0.2) is 0 Å². The maximum atomic E-state index is 12.0. The van der Waals surface area contributed by atoms with Crippen LogP contribution < -0.4 is 5.32 Å². The summed E-state index contributed by atoms with van der Waals surface area (Å²) in [5.74, 6) is 5.41. The minimum absolute atomic E-state index is 0.0774. The Labute approximate surface area is 119 Å². The zero-order chi connectivity index (χ0) is 14.4. The zero-order valence-electron chi connectivity index (χ0n) is 11.6. The van der Waals surface area contributed by atoms with Crippen molar-refractivity contribution < 1.29 is 14.6 Å². The molecule has 0 spiro atoms. The zero-order valence-corrected chi connectivity index (χ0v) is 11.6. The number of hydrogen-bond acceptors (Lipinski definition) is 3. The molecule has 20 heavy (non-hydrogen) atoms. The van der Waals surface area contributed by atoms with Crippen LogP contribution >= 0.6 is 0 Å². The maximum Gasteiger partial charge on any atom is 0.253 e. The molecule has 1 unspecified atom stereocenters. The predicted molar refractivity (Wildman–Crippen MR) is 77.4 cm³/mol. The fourth-order valence-corrected chi connectivity index (χ4v) is 2.23. The van der Waals surface area contributed by atoms with Crippen molar-refractivity contribution in [2.45, 2.75) is 32.3 Å². The van der Waals surface area contributed by atoms with Crippen LogP contribution in [0.5, 0.6) is 0 Å². The predicted octanol–water partition coefficient (Wildman–Crippen LogP) is 1.71. The molecule has 0 aliphatic carbocycles. The fourth-order valence-electron chi connectivity index (χ4n) is 2.23. The summed E-state index contributed by atoms with van der Waals surface area (Å²) in [6, 6.07) is 5.63. The lowest BCUT2D eigenvalue weighted by molar-refractivity contribution is -0.124. The Kier molecular flexibility index (Phi) is 5.16. The summed E-state index contributed by atoms with van der Waals surface area (Å²) in [6.07, 6.45) is 2.20. The molecule has 1 fully saturated rings. The van der Waals surface area contributed by atoms with Gasteiger partial charge in [-0.05, 0) is 43.0 Å². The largest absolute Gasteiger partial charge is 0.384 e. The molecule has 106 valence electrons. The molecule has 0 aromatic heterocycles. The molecular weight excluding hydrogens is 254 g/mol. The highest BCUT2D eigenvalue weighted by molar-refractivity contribution is 5.95. The van der Waals surface area contributed by atoms with Crippen molar-refractivity contribution in [2.24, 2.45) is 0 Å². The molecule has 1 atom stereocenters. The van der Waals surface area contributed by atoms with Crippen LogP contribution in [0.2, 0.25) is 0 Å². The van der Waals surface area contributed by atoms with E-state index in [1.54, 1.807) is 0 Å². The Balaban J connectivity index is 2.12. The van der Waals surface area contributed by atoms with Gasteiger partial charge in [-0.1, -0.05) is 18.8 Å². The van der Waals surface area contributed by atoms with Crippen molar-refractivity contribution in [3.8, 4) is 11.8 Å². The molecule has 0 bridgehead atoms. The minimum Gasteiger partial charge on any atom is -0.384 e.